The predicted molar refractivity (Wildman–Crippen MR) is 162 cm³/mol. The van der Waals surface area contributed by atoms with Crippen LogP contribution in [0, 0.1) is 5.41 Å². The van der Waals surface area contributed by atoms with Crippen molar-refractivity contribution in [2.75, 3.05) is 43.4 Å². The smallest absolute Gasteiger partial charge is 0.422 e. The van der Waals surface area contributed by atoms with Crippen molar-refractivity contribution in [2.24, 2.45) is 5.41 Å². The molecule has 15 heteroatoms. The van der Waals surface area contributed by atoms with Gasteiger partial charge < -0.3 is 25.2 Å². The van der Waals surface area contributed by atoms with E-state index in [1.54, 1.807) is 46.2 Å². The summed E-state index contributed by atoms with van der Waals surface area (Å²) < 4.78 is 43.6. The predicted octanol–water partition coefficient (Wildman–Crippen LogP) is 4.96. The number of amides is 2. The number of halogens is 4. The van der Waals surface area contributed by atoms with E-state index in [2.05, 4.69) is 25.6 Å². The van der Waals surface area contributed by atoms with Crippen LogP contribution in [0.15, 0.2) is 48.5 Å². The van der Waals surface area contributed by atoms with Gasteiger partial charge in [-0.05, 0) is 67.6 Å². The van der Waals surface area contributed by atoms with Crippen LogP contribution in [-0.2, 0) is 15.1 Å². The largest absolute Gasteiger partial charge is 0.454 e. The zero-order valence-electron chi connectivity index (χ0n) is 24.9. The molecule has 2 saturated heterocycles. The van der Waals surface area contributed by atoms with Gasteiger partial charge in [0.15, 0.2) is 6.61 Å². The summed E-state index contributed by atoms with van der Waals surface area (Å²) in [6, 6.07) is 13.3. The summed E-state index contributed by atoms with van der Waals surface area (Å²) in [6.07, 6.45) is -1.60. The molecule has 2 aliphatic heterocycles. The molecule has 242 valence electrons. The van der Waals surface area contributed by atoms with Crippen LogP contribution in [-0.4, -0.2) is 81.3 Å². The molecule has 1 aromatic heterocycles. The first-order valence-electron chi connectivity index (χ1n) is 14.8. The highest BCUT2D eigenvalue weighted by Gasteiger charge is 2.47. The number of ether oxygens (including phenoxy) is 1. The van der Waals surface area contributed by atoms with Crippen molar-refractivity contribution in [1.29, 1.82) is 0 Å². The van der Waals surface area contributed by atoms with E-state index in [0.29, 0.717) is 42.5 Å². The molecule has 2 aromatic carbocycles. The number of Topliss-reactive ketones (excluding diaryl/α,β-unsaturated/α-hetero) is 1. The van der Waals surface area contributed by atoms with Crippen molar-refractivity contribution in [3.8, 4) is 6.01 Å². The molecule has 11 nitrogen and oxygen atoms in total. The lowest BCUT2D eigenvalue weighted by Gasteiger charge is -2.24. The molecule has 0 radical (unpaired) electrons. The normalized spacial score (nSPS) is 20.1. The quantitative estimate of drug-likeness (QED) is 0.307. The van der Waals surface area contributed by atoms with Gasteiger partial charge >= 0.3 is 12.2 Å². The highest BCUT2D eigenvalue weighted by molar-refractivity contribution is 6.35. The second-order valence-corrected chi connectivity index (χ2v) is 12.5. The Bertz CT molecular complexity index is 1650. The minimum absolute atomic E-state index is 0.0346. The Morgan fingerprint density at radius 3 is 2.15 bits per heavy atom. The van der Waals surface area contributed by atoms with Gasteiger partial charge in [0.05, 0.1) is 5.54 Å². The summed E-state index contributed by atoms with van der Waals surface area (Å²) in [7, 11) is 0. The first-order valence-corrected chi connectivity index (χ1v) is 15.2. The number of aromatic nitrogens is 3. The molecular weight excluding hydrogens is 627 g/mol. The average Bonchev–Trinajstić information content (AvgIpc) is 3.48. The maximum absolute atomic E-state index is 13.3. The number of hydrogen-bond acceptors (Lipinski definition) is 9. The fourth-order valence-corrected chi connectivity index (χ4v) is 6.18. The first kappa shape index (κ1) is 31.5. The van der Waals surface area contributed by atoms with Crippen molar-refractivity contribution in [3.05, 3.63) is 64.7 Å². The molecule has 3 aromatic rings. The zero-order valence-corrected chi connectivity index (χ0v) is 25.6. The molecule has 0 bridgehead atoms. The van der Waals surface area contributed by atoms with E-state index >= 15 is 0 Å². The van der Waals surface area contributed by atoms with Gasteiger partial charge in [0.2, 0.25) is 17.7 Å². The Morgan fingerprint density at radius 1 is 0.891 bits per heavy atom. The summed E-state index contributed by atoms with van der Waals surface area (Å²) in [5, 5.41) is 6.77. The Labute approximate surface area is 267 Å². The summed E-state index contributed by atoms with van der Waals surface area (Å²) >= 11 is 6.03. The molecule has 1 atom stereocenters. The van der Waals surface area contributed by atoms with Gasteiger partial charge in [0, 0.05) is 54.8 Å². The van der Waals surface area contributed by atoms with Crippen LogP contribution in [0.2, 0.25) is 5.02 Å². The lowest BCUT2D eigenvalue weighted by molar-refractivity contribution is -0.154. The molecular formula is C31H31ClF3N7O4. The lowest BCUT2D eigenvalue weighted by atomic mass is 9.86. The molecule has 6 rings (SSSR count). The average molecular weight is 658 g/mol. The molecule has 2 amide bonds. The molecule has 46 heavy (non-hydrogen) atoms. The second-order valence-electron chi connectivity index (χ2n) is 12.1. The van der Waals surface area contributed by atoms with Crippen molar-refractivity contribution in [1.82, 2.24) is 24.8 Å². The van der Waals surface area contributed by atoms with Crippen molar-refractivity contribution >= 4 is 46.8 Å². The fraction of sp³-hybridized carbons (Fsp3) is 0.419. The zero-order chi connectivity index (χ0) is 32.7. The van der Waals surface area contributed by atoms with Crippen LogP contribution < -0.4 is 15.4 Å². The number of carbonyl (C=O) groups is 3. The number of hydrogen-bond donors (Lipinski definition) is 2. The van der Waals surface area contributed by atoms with Crippen LogP contribution in [0.1, 0.15) is 48.5 Å². The maximum Gasteiger partial charge on any atom is 0.422 e. The Morgan fingerprint density at radius 2 is 1.52 bits per heavy atom. The lowest BCUT2D eigenvalue weighted by Crippen LogP contribution is -2.37. The fourth-order valence-electron chi connectivity index (χ4n) is 6.05. The summed E-state index contributed by atoms with van der Waals surface area (Å²) in [6.45, 7) is 1.68. The van der Waals surface area contributed by atoms with Crippen molar-refractivity contribution in [2.45, 2.75) is 44.3 Å². The molecule has 1 spiro atoms. The maximum atomic E-state index is 13.3. The van der Waals surface area contributed by atoms with Crippen molar-refractivity contribution in [3.63, 3.8) is 0 Å². The van der Waals surface area contributed by atoms with Gasteiger partial charge in [-0.25, -0.2) is 0 Å². The van der Waals surface area contributed by atoms with Gasteiger partial charge in [-0.2, -0.15) is 28.1 Å². The van der Waals surface area contributed by atoms with E-state index in [9.17, 15) is 27.6 Å². The van der Waals surface area contributed by atoms with Gasteiger partial charge in [0.25, 0.3) is 11.8 Å². The summed E-state index contributed by atoms with van der Waals surface area (Å²) in [5.41, 5.74) is 1.15. The number of benzene rings is 2. The monoisotopic (exact) mass is 657 g/mol. The number of likely N-dealkylation sites (tertiary alicyclic amines) is 2. The minimum atomic E-state index is -4.59. The van der Waals surface area contributed by atoms with Gasteiger partial charge in [-0.3, -0.25) is 14.4 Å². The Balaban J connectivity index is 1.14. The molecule has 1 unspecified atom stereocenters. The molecule has 3 aliphatic rings. The van der Waals surface area contributed by atoms with Crippen LogP contribution in [0.25, 0.3) is 0 Å². The van der Waals surface area contributed by atoms with E-state index < -0.39 is 36.0 Å². The van der Waals surface area contributed by atoms with Gasteiger partial charge in [0.1, 0.15) is 0 Å². The number of alkyl halides is 3. The molecule has 2 N–H and O–H groups in total. The van der Waals surface area contributed by atoms with Crippen LogP contribution in [0.3, 0.4) is 0 Å². The van der Waals surface area contributed by atoms with E-state index in [1.807, 2.05) is 12.1 Å². The highest BCUT2D eigenvalue weighted by Crippen LogP contribution is 2.48. The number of carbonyl (C=O) groups excluding carboxylic acids is 3. The molecule has 3 heterocycles. The summed E-state index contributed by atoms with van der Waals surface area (Å²) in [4.78, 5) is 52.8. The molecule has 1 saturated carbocycles. The van der Waals surface area contributed by atoms with E-state index in [1.165, 1.54) is 6.92 Å². The number of nitrogens with zero attached hydrogens (tertiary/aromatic N) is 5. The first-order chi connectivity index (χ1) is 21.8. The third-order valence-corrected chi connectivity index (χ3v) is 8.87. The number of ketones is 1. The standard InChI is InChI=1S/C31H31ClF3N7O4/c1-19(43)24(44)41-14-12-29(16-41)13-15-42(17-29)25(45)20-2-8-23(9-3-20)36-26-37-27(39-28(38-26)46-18-31(33,34)35)40-30(10-11-30)21-4-6-22(32)7-5-21/h2-9H,10-18H2,1H3,(H2,36,37,38,39,40). The Hall–Kier alpha value is -4.46. The number of anilines is 3. The number of nitrogens with one attached hydrogen (secondary N) is 2. The van der Waals surface area contributed by atoms with Crippen LogP contribution >= 0.6 is 11.6 Å². The van der Waals surface area contributed by atoms with E-state index in [4.69, 9.17) is 16.3 Å². The van der Waals surface area contributed by atoms with Crippen molar-refractivity contribution < 1.29 is 32.3 Å². The third kappa shape index (κ3) is 7.01. The van der Waals surface area contributed by atoms with Crippen LogP contribution in [0.5, 0.6) is 6.01 Å². The Kier molecular flexibility index (Phi) is 8.25. The number of rotatable bonds is 9. The van der Waals surface area contributed by atoms with Gasteiger partial charge in [-0.15, -0.1) is 0 Å². The van der Waals surface area contributed by atoms with Crippen LogP contribution in [0.4, 0.5) is 30.8 Å². The van der Waals surface area contributed by atoms with Gasteiger partial charge in [-0.1, -0.05) is 23.7 Å². The minimum Gasteiger partial charge on any atom is -0.454 e. The SMILES string of the molecule is CC(=O)C(=O)N1CCC2(CCN(C(=O)c3ccc(Nc4nc(NC5(c6ccc(Cl)cc6)CC5)nc(OCC(F)(F)F)n4)cc3)C2)C1. The third-order valence-electron chi connectivity index (χ3n) is 8.62. The molecule has 1 aliphatic carbocycles. The summed E-state index contributed by atoms with van der Waals surface area (Å²) in [5.74, 6) is -1.15. The molecule has 3 fully saturated rings. The topological polar surface area (TPSA) is 130 Å². The van der Waals surface area contributed by atoms with E-state index in [0.717, 1.165) is 31.2 Å². The van der Waals surface area contributed by atoms with E-state index in [-0.39, 0.29) is 23.2 Å². The highest BCUT2D eigenvalue weighted by atomic mass is 35.5. The second kappa shape index (κ2) is 12.0.